The Hall–Kier alpha value is -1.85. The van der Waals surface area contributed by atoms with Gasteiger partial charge in [-0.15, -0.1) is 0 Å². The van der Waals surface area contributed by atoms with E-state index in [2.05, 4.69) is 4.98 Å². The molecule has 0 unspecified atom stereocenters. The van der Waals surface area contributed by atoms with Crippen LogP contribution in [0.25, 0.3) is 16.7 Å². The van der Waals surface area contributed by atoms with Crippen LogP contribution < -0.4 is 4.74 Å². The van der Waals surface area contributed by atoms with Crippen molar-refractivity contribution in [2.45, 2.75) is 0 Å². The third-order valence-electron chi connectivity index (χ3n) is 3.04. The third kappa shape index (κ3) is 2.09. The minimum absolute atomic E-state index is 0.336. The van der Waals surface area contributed by atoms with Crippen LogP contribution in [0.15, 0.2) is 36.4 Å². The molecule has 0 radical (unpaired) electrons. The van der Waals surface area contributed by atoms with Crippen LogP contribution in [0, 0.1) is 10.6 Å². The summed E-state index contributed by atoms with van der Waals surface area (Å²) >= 11 is 11.2. The number of benzene rings is 2. The van der Waals surface area contributed by atoms with E-state index in [4.69, 9.17) is 28.6 Å². The molecule has 6 heteroatoms. The van der Waals surface area contributed by atoms with E-state index in [0.29, 0.717) is 21.2 Å². The largest absolute Gasteiger partial charge is 0.497 e. The summed E-state index contributed by atoms with van der Waals surface area (Å²) in [5.74, 6) is 0.185. The fourth-order valence-corrected chi connectivity index (χ4v) is 2.59. The van der Waals surface area contributed by atoms with Gasteiger partial charge in [0.05, 0.1) is 23.8 Å². The summed E-state index contributed by atoms with van der Waals surface area (Å²) in [6, 6.07) is 9.80. The fraction of sp³-hybridized carbons (Fsp3) is 0.0714. The van der Waals surface area contributed by atoms with E-state index in [1.807, 2.05) is 0 Å². The van der Waals surface area contributed by atoms with Gasteiger partial charge in [-0.25, -0.2) is 4.39 Å². The number of nitrogens with one attached hydrogen (secondary N) is 1. The van der Waals surface area contributed by atoms with Gasteiger partial charge in [0.15, 0.2) is 4.77 Å². The number of nitrogens with zero attached hydrogens (tertiary/aromatic N) is 1. The Bertz CT molecular complexity index is 856. The van der Waals surface area contributed by atoms with Gasteiger partial charge in [-0.1, -0.05) is 11.6 Å². The number of halogens is 2. The fourth-order valence-electron chi connectivity index (χ4n) is 2.11. The number of rotatable bonds is 2. The van der Waals surface area contributed by atoms with Gasteiger partial charge in [0, 0.05) is 11.1 Å². The zero-order chi connectivity index (χ0) is 14.3. The van der Waals surface area contributed by atoms with Crippen molar-refractivity contribution in [3.05, 3.63) is 52.0 Å². The van der Waals surface area contributed by atoms with Crippen molar-refractivity contribution in [1.29, 1.82) is 0 Å². The first-order chi connectivity index (χ1) is 9.60. The molecule has 0 saturated carbocycles. The molecule has 3 nitrogen and oxygen atoms in total. The summed E-state index contributed by atoms with van der Waals surface area (Å²) < 4.78 is 21.2. The predicted molar refractivity (Wildman–Crippen MR) is 80.0 cm³/mol. The molecule has 1 heterocycles. The summed E-state index contributed by atoms with van der Waals surface area (Å²) in [7, 11) is 1.53. The topological polar surface area (TPSA) is 29.9 Å². The highest BCUT2D eigenvalue weighted by atomic mass is 35.5. The number of H-pyrrole nitrogens is 1. The van der Waals surface area contributed by atoms with Crippen LogP contribution in [0.5, 0.6) is 5.75 Å². The van der Waals surface area contributed by atoms with Crippen LogP contribution in [-0.2, 0) is 0 Å². The highest BCUT2D eigenvalue weighted by Crippen LogP contribution is 2.26. The summed E-state index contributed by atoms with van der Waals surface area (Å²) in [5, 5.41) is 0.590. The average molecular weight is 309 g/mol. The minimum atomic E-state index is -0.377. The van der Waals surface area contributed by atoms with Gasteiger partial charge in [0.25, 0.3) is 0 Å². The van der Waals surface area contributed by atoms with Gasteiger partial charge in [0.2, 0.25) is 0 Å². The quantitative estimate of drug-likeness (QED) is 0.707. The molecule has 102 valence electrons. The Morgan fingerprint density at radius 2 is 2.05 bits per heavy atom. The number of imidazole rings is 1. The number of aromatic nitrogens is 2. The first kappa shape index (κ1) is 13.1. The molecule has 0 aliphatic heterocycles. The van der Waals surface area contributed by atoms with Crippen molar-refractivity contribution in [2.75, 3.05) is 7.11 Å². The number of hydrogen-bond acceptors (Lipinski definition) is 2. The molecule has 3 aromatic rings. The Labute approximate surface area is 124 Å². The summed E-state index contributed by atoms with van der Waals surface area (Å²) in [6.07, 6.45) is 0. The number of fused-ring (bicyclic) bond motifs is 1. The van der Waals surface area contributed by atoms with Gasteiger partial charge >= 0.3 is 0 Å². The molecule has 2 aromatic carbocycles. The van der Waals surface area contributed by atoms with E-state index in [0.717, 1.165) is 11.0 Å². The van der Waals surface area contributed by atoms with Crippen molar-refractivity contribution in [3.63, 3.8) is 0 Å². The molecule has 0 atom stereocenters. The Balaban J connectivity index is 2.34. The molecule has 1 N–H and O–H groups in total. The maximum atomic E-state index is 14.1. The molecule has 0 fully saturated rings. The summed E-state index contributed by atoms with van der Waals surface area (Å²) in [4.78, 5) is 3.02. The zero-order valence-electron chi connectivity index (χ0n) is 10.5. The lowest BCUT2D eigenvalue weighted by Gasteiger charge is -2.08. The summed E-state index contributed by atoms with van der Waals surface area (Å²) in [5.41, 5.74) is 1.85. The van der Waals surface area contributed by atoms with Gasteiger partial charge in [0.1, 0.15) is 11.6 Å². The molecule has 3 rings (SSSR count). The lowest BCUT2D eigenvalue weighted by molar-refractivity contribution is 0.413. The lowest BCUT2D eigenvalue weighted by atomic mass is 10.2. The van der Waals surface area contributed by atoms with Gasteiger partial charge in [-0.05, 0) is 42.5 Å². The molecular weight excluding hydrogens is 299 g/mol. The standard InChI is InChI=1S/C14H10ClFN2OS/c1-19-9-3-4-10(16)13(7-9)18-12-5-2-8(15)6-11(12)17-14(18)20/h2-7H,1H3,(H,17,20). The second kappa shape index (κ2) is 4.92. The Kier molecular flexibility index (Phi) is 3.23. The molecule has 0 amide bonds. The van der Waals surface area contributed by atoms with Crippen LogP contribution in [0.1, 0.15) is 0 Å². The van der Waals surface area contributed by atoms with E-state index in [1.54, 1.807) is 34.9 Å². The van der Waals surface area contributed by atoms with E-state index in [-0.39, 0.29) is 5.82 Å². The van der Waals surface area contributed by atoms with Gasteiger partial charge in [-0.3, -0.25) is 4.57 Å². The Morgan fingerprint density at radius 1 is 1.25 bits per heavy atom. The molecule has 0 bridgehead atoms. The van der Waals surface area contributed by atoms with Crippen molar-refractivity contribution in [3.8, 4) is 11.4 Å². The molecule has 0 aliphatic rings. The monoisotopic (exact) mass is 308 g/mol. The maximum absolute atomic E-state index is 14.1. The lowest BCUT2D eigenvalue weighted by Crippen LogP contribution is -1.98. The normalized spacial score (nSPS) is 10.9. The van der Waals surface area contributed by atoms with E-state index in [9.17, 15) is 4.39 Å². The summed E-state index contributed by atoms with van der Waals surface area (Å²) in [6.45, 7) is 0. The number of methoxy groups -OCH3 is 1. The molecule has 0 spiro atoms. The van der Waals surface area contributed by atoms with Crippen LogP contribution in [0.4, 0.5) is 4.39 Å². The van der Waals surface area contributed by atoms with Crippen molar-refractivity contribution in [1.82, 2.24) is 9.55 Å². The van der Waals surface area contributed by atoms with Gasteiger partial charge < -0.3 is 9.72 Å². The highest BCUT2D eigenvalue weighted by molar-refractivity contribution is 7.71. The number of ether oxygens (including phenoxy) is 1. The number of hydrogen-bond donors (Lipinski definition) is 1. The average Bonchev–Trinajstić information content (AvgIpc) is 2.74. The maximum Gasteiger partial charge on any atom is 0.182 e. The molecular formula is C14H10ClFN2OS. The van der Waals surface area contributed by atoms with Crippen molar-refractivity contribution in [2.24, 2.45) is 0 Å². The second-order valence-electron chi connectivity index (χ2n) is 4.24. The van der Waals surface area contributed by atoms with E-state index < -0.39 is 0 Å². The second-order valence-corrected chi connectivity index (χ2v) is 5.07. The van der Waals surface area contributed by atoms with E-state index >= 15 is 0 Å². The van der Waals surface area contributed by atoms with Crippen LogP contribution in [0.3, 0.4) is 0 Å². The zero-order valence-corrected chi connectivity index (χ0v) is 12.1. The van der Waals surface area contributed by atoms with Crippen LogP contribution in [0.2, 0.25) is 5.02 Å². The molecule has 20 heavy (non-hydrogen) atoms. The predicted octanol–water partition coefficient (Wildman–Crippen LogP) is 4.49. The van der Waals surface area contributed by atoms with Crippen LogP contribution in [-0.4, -0.2) is 16.7 Å². The first-order valence-electron chi connectivity index (χ1n) is 5.84. The SMILES string of the molecule is COc1ccc(F)c(-n2c(=S)[nH]c3cc(Cl)ccc32)c1. The van der Waals surface area contributed by atoms with E-state index in [1.165, 1.54) is 13.2 Å². The van der Waals surface area contributed by atoms with Crippen molar-refractivity contribution >= 4 is 34.9 Å². The minimum Gasteiger partial charge on any atom is -0.497 e. The third-order valence-corrected chi connectivity index (χ3v) is 3.56. The Morgan fingerprint density at radius 3 is 2.80 bits per heavy atom. The van der Waals surface area contributed by atoms with Crippen molar-refractivity contribution < 1.29 is 9.13 Å². The first-order valence-corrected chi connectivity index (χ1v) is 6.63. The van der Waals surface area contributed by atoms with Crippen LogP contribution >= 0.6 is 23.8 Å². The molecule has 0 saturated heterocycles. The smallest absolute Gasteiger partial charge is 0.182 e. The highest BCUT2D eigenvalue weighted by Gasteiger charge is 2.12. The van der Waals surface area contributed by atoms with Gasteiger partial charge in [-0.2, -0.15) is 0 Å². The number of aromatic amines is 1. The molecule has 0 aliphatic carbocycles. The molecule has 1 aromatic heterocycles.